The maximum atomic E-state index is 12.3. The second-order valence-electron chi connectivity index (χ2n) is 5.79. The lowest BCUT2D eigenvalue weighted by molar-refractivity contribution is -0.149. The summed E-state index contributed by atoms with van der Waals surface area (Å²) in [6, 6.07) is 7.46. The number of hydrogen-bond acceptors (Lipinski definition) is 6. The molecule has 0 saturated carbocycles. The van der Waals surface area contributed by atoms with E-state index in [2.05, 4.69) is 26.5 Å². The standard InChI is InChI=1S/C18H24BrN3O4/c1-3-25-17(23)13-9-11-22(12-10-13)16(18(24)26-4-2)21-20-15-7-5-14(19)6-8-15/h5-8,13,20H,3-4,9-12H2,1-2H3/b21-16+. The molecule has 1 saturated heterocycles. The molecule has 0 aromatic heterocycles. The first-order valence-electron chi connectivity index (χ1n) is 8.73. The van der Waals surface area contributed by atoms with Gasteiger partial charge in [0.25, 0.3) is 0 Å². The third-order valence-electron chi connectivity index (χ3n) is 4.01. The van der Waals surface area contributed by atoms with Gasteiger partial charge in [0, 0.05) is 17.6 Å². The Kier molecular flexibility index (Phi) is 7.90. The Balaban J connectivity index is 2.05. The number of nitrogens with one attached hydrogen (secondary N) is 1. The molecule has 0 amide bonds. The SMILES string of the molecule is CCOC(=O)/C(=N\Nc1ccc(Br)cc1)N1CCC(C(=O)OCC)CC1. The van der Waals surface area contributed by atoms with Gasteiger partial charge >= 0.3 is 11.9 Å². The Morgan fingerprint density at radius 1 is 1.15 bits per heavy atom. The number of nitrogens with zero attached hydrogens (tertiary/aromatic N) is 2. The summed E-state index contributed by atoms with van der Waals surface area (Å²) in [5.41, 5.74) is 3.66. The van der Waals surface area contributed by atoms with Crippen LogP contribution in [0.25, 0.3) is 0 Å². The Bertz CT molecular complexity index is 640. The molecule has 1 aromatic rings. The average Bonchev–Trinajstić information content (AvgIpc) is 2.64. The molecule has 0 atom stereocenters. The first-order valence-corrected chi connectivity index (χ1v) is 9.52. The third kappa shape index (κ3) is 5.72. The number of ether oxygens (including phenoxy) is 2. The lowest BCUT2D eigenvalue weighted by Crippen LogP contribution is -2.44. The van der Waals surface area contributed by atoms with Crippen LogP contribution in [0.2, 0.25) is 0 Å². The van der Waals surface area contributed by atoms with Gasteiger partial charge in [-0.15, -0.1) is 5.10 Å². The Hall–Kier alpha value is -2.09. The van der Waals surface area contributed by atoms with Gasteiger partial charge in [0.15, 0.2) is 0 Å². The highest BCUT2D eigenvalue weighted by molar-refractivity contribution is 9.10. The fourth-order valence-corrected chi connectivity index (χ4v) is 2.93. The molecule has 8 heteroatoms. The van der Waals surface area contributed by atoms with E-state index in [1.54, 1.807) is 13.8 Å². The van der Waals surface area contributed by atoms with Gasteiger partial charge < -0.3 is 14.4 Å². The minimum Gasteiger partial charge on any atom is -0.466 e. The van der Waals surface area contributed by atoms with Crippen molar-refractivity contribution in [2.45, 2.75) is 26.7 Å². The number of esters is 2. The lowest BCUT2D eigenvalue weighted by atomic mass is 9.97. The van der Waals surface area contributed by atoms with Crippen LogP contribution in [0.4, 0.5) is 5.69 Å². The van der Waals surface area contributed by atoms with Crippen LogP contribution in [0.3, 0.4) is 0 Å². The summed E-state index contributed by atoms with van der Waals surface area (Å²) in [5.74, 6) is -0.562. The highest BCUT2D eigenvalue weighted by atomic mass is 79.9. The van der Waals surface area contributed by atoms with E-state index < -0.39 is 5.97 Å². The van der Waals surface area contributed by atoms with Gasteiger partial charge in [-0.2, -0.15) is 0 Å². The molecule has 1 fully saturated rings. The molecule has 1 aliphatic heterocycles. The molecule has 7 nitrogen and oxygen atoms in total. The van der Waals surface area contributed by atoms with Gasteiger partial charge in [-0.25, -0.2) is 4.79 Å². The molecule has 1 heterocycles. The van der Waals surface area contributed by atoms with Crippen molar-refractivity contribution in [1.29, 1.82) is 0 Å². The lowest BCUT2D eigenvalue weighted by Gasteiger charge is -2.32. The maximum absolute atomic E-state index is 12.3. The van der Waals surface area contributed by atoms with Crippen molar-refractivity contribution in [2.75, 3.05) is 31.7 Å². The molecule has 0 unspecified atom stereocenters. The second-order valence-corrected chi connectivity index (χ2v) is 6.70. The molecule has 1 N–H and O–H groups in total. The predicted molar refractivity (Wildman–Crippen MR) is 103 cm³/mol. The Morgan fingerprint density at radius 3 is 2.35 bits per heavy atom. The van der Waals surface area contributed by atoms with Gasteiger partial charge in [-0.3, -0.25) is 10.2 Å². The smallest absolute Gasteiger partial charge is 0.375 e. The zero-order chi connectivity index (χ0) is 18.9. The van der Waals surface area contributed by atoms with Crippen LogP contribution in [0.15, 0.2) is 33.8 Å². The van der Waals surface area contributed by atoms with Crippen LogP contribution in [0.5, 0.6) is 0 Å². The zero-order valence-electron chi connectivity index (χ0n) is 15.0. The number of rotatable bonds is 5. The van der Waals surface area contributed by atoms with E-state index in [9.17, 15) is 9.59 Å². The number of amidine groups is 1. The van der Waals surface area contributed by atoms with Crippen LogP contribution in [-0.2, 0) is 19.1 Å². The van der Waals surface area contributed by atoms with Gasteiger partial charge in [0.1, 0.15) is 0 Å². The van der Waals surface area contributed by atoms with Crippen molar-refractivity contribution in [3.63, 3.8) is 0 Å². The van der Waals surface area contributed by atoms with Gasteiger partial charge in [0.05, 0.1) is 24.8 Å². The number of benzene rings is 1. The second kappa shape index (κ2) is 10.2. The normalized spacial score (nSPS) is 15.5. The quantitative estimate of drug-likeness (QED) is 0.338. The molecule has 0 spiro atoms. The van der Waals surface area contributed by atoms with Crippen LogP contribution in [0.1, 0.15) is 26.7 Å². The van der Waals surface area contributed by atoms with Gasteiger partial charge in [0.2, 0.25) is 5.84 Å². The summed E-state index contributed by atoms with van der Waals surface area (Å²) >= 11 is 3.38. The molecule has 1 aliphatic rings. The van der Waals surface area contributed by atoms with E-state index in [-0.39, 0.29) is 24.3 Å². The van der Waals surface area contributed by atoms with E-state index in [1.807, 2.05) is 29.2 Å². The summed E-state index contributed by atoms with van der Waals surface area (Å²) in [6.07, 6.45) is 1.24. The number of carbonyl (C=O) groups excluding carboxylic acids is 2. The first kappa shape index (κ1) is 20.2. The van der Waals surface area contributed by atoms with Crippen molar-refractivity contribution < 1.29 is 19.1 Å². The minimum atomic E-state index is -0.480. The molecule has 0 aliphatic carbocycles. The first-order chi connectivity index (χ1) is 12.5. The summed E-state index contributed by atoms with van der Waals surface area (Å²) in [6.45, 7) is 5.30. The van der Waals surface area contributed by atoms with Crippen molar-refractivity contribution in [1.82, 2.24) is 4.90 Å². The van der Waals surface area contributed by atoms with Crippen molar-refractivity contribution in [2.24, 2.45) is 11.0 Å². The number of carbonyl (C=O) groups is 2. The fourth-order valence-electron chi connectivity index (χ4n) is 2.67. The number of hydrogen-bond donors (Lipinski definition) is 1. The average molecular weight is 426 g/mol. The summed E-state index contributed by atoms with van der Waals surface area (Å²) < 4.78 is 11.2. The molecule has 2 rings (SSSR count). The summed E-state index contributed by atoms with van der Waals surface area (Å²) in [4.78, 5) is 26.0. The topological polar surface area (TPSA) is 80.2 Å². The summed E-state index contributed by atoms with van der Waals surface area (Å²) in [7, 11) is 0. The van der Waals surface area contributed by atoms with E-state index in [4.69, 9.17) is 9.47 Å². The highest BCUT2D eigenvalue weighted by Crippen LogP contribution is 2.20. The molecule has 1 aromatic carbocycles. The van der Waals surface area contributed by atoms with Crippen molar-refractivity contribution >= 4 is 39.4 Å². The molecule has 0 bridgehead atoms. The maximum Gasteiger partial charge on any atom is 0.375 e. The van der Waals surface area contributed by atoms with Crippen LogP contribution < -0.4 is 5.43 Å². The number of likely N-dealkylation sites (tertiary alicyclic amines) is 1. The van der Waals surface area contributed by atoms with E-state index >= 15 is 0 Å². The van der Waals surface area contributed by atoms with E-state index in [1.165, 1.54) is 0 Å². The zero-order valence-corrected chi connectivity index (χ0v) is 16.6. The van der Waals surface area contributed by atoms with Gasteiger partial charge in [-0.1, -0.05) is 15.9 Å². The van der Waals surface area contributed by atoms with Crippen LogP contribution >= 0.6 is 15.9 Å². The Labute approximate surface area is 161 Å². The van der Waals surface area contributed by atoms with E-state index in [0.717, 1.165) is 10.2 Å². The molecule has 142 valence electrons. The summed E-state index contributed by atoms with van der Waals surface area (Å²) in [5, 5.41) is 4.26. The minimum absolute atomic E-state index is 0.130. The molecular weight excluding hydrogens is 402 g/mol. The van der Waals surface area contributed by atoms with Crippen LogP contribution in [-0.4, -0.2) is 49.0 Å². The van der Waals surface area contributed by atoms with Crippen molar-refractivity contribution in [3.05, 3.63) is 28.7 Å². The number of anilines is 1. The predicted octanol–water partition coefficient (Wildman–Crippen LogP) is 3.01. The monoisotopic (exact) mass is 425 g/mol. The number of piperidine rings is 1. The molecule has 0 radical (unpaired) electrons. The van der Waals surface area contributed by atoms with Crippen molar-refractivity contribution in [3.8, 4) is 0 Å². The highest BCUT2D eigenvalue weighted by Gasteiger charge is 2.30. The number of halogens is 1. The fraction of sp³-hybridized carbons (Fsp3) is 0.500. The third-order valence-corrected chi connectivity index (χ3v) is 4.54. The Morgan fingerprint density at radius 2 is 1.77 bits per heavy atom. The largest absolute Gasteiger partial charge is 0.466 e. The van der Waals surface area contributed by atoms with E-state index in [0.29, 0.717) is 32.5 Å². The van der Waals surface area contributed by atoms with Gasteiger partial charge in [-0.05, 0) is 51.0 Å². The molecule has 26 heavy (non-hydrogen) atoms. The molecular formula is C18H24BrN3O4. The number of hydrazone groups is 1. The van der Waals surface area contributed by atoms with Crippen LogP contribution in [0, 0.1) is 5.92 Å².